The molecule has 3 rings (SSSR count). The highest BCUT2D eigenvalue weighted by molar-refractivity contribution is 5.50. The molecule has 0 aliphatic carbocycles. The van der Waals surface area contributed by atoms with Crippen LogP contribution in [0.5, 0.6) is 0 Å². The van der Waals surface area contributed by atoms with E-state index >= 15 is 0 Å². The third kappa shape index (κ3) is 3.18. The highest BCUT2D eigenvalue weighted by Gasteiger charge is 2.18. The van der Waals surface area contributed by atoms with E-state index in [1.165, 1.54) is 11.3 Å². The first-order valence-electron chi connectivity index (χ1n) is 7.79. The van der Waals surface area contributed by atoms with Crippen molar-refractivity contribution in [3.05, 3.63) is 53.7 Å². The van der Waals surface area contributed by atoms with Gasteiger partial charge in [0.05, 0.1) is 0 Å². The van der Waals surface area contributed by atoms with Crippen LogP contribution in [0.3, 0.4) is 0 Å². The van der Waals surface area contributed by atoms with Gasteiger partial charge in [0, 0.05) is 37.6 Å². The van der Waals surface area contributed by atoms with Gasteiger partial charge in [0.1, 0.15) is 5.82 Å². The molecule has 2 heterocycles. The fraction of sp³-hybridized carbons (Fsp3) is 0.389. The molecule has 1 aromatic carbocycles. The Kier molecular flexibility index (Phi) is 4.09. The Labute approximate surface area is 127 Å². The van der Waals surface area contributed by atoms with E-state index in [0.29, 0.717) is 0 Å². The number of anilines is 2. The Morgan fingerprint density at radius 2 is 1.57 bits per heavy atom. The standard InChI is InChI=1S/C18H23N3/c1-3-16-7-9-17(10-8-16)20-11-13-21(14-12-20)18-6-4-5-15(2)19-18/h4-10H,3,11-14H2,1-2H3. The van der Waals surface area contributed by atoms with Gasteiger partial charge in [0.2, 0.25) is 0 Å². The average Bonchev–Trinajstić information content (AvgIpc) is 2.55. The van der Waals surface area contributed by atoms with Crippen molar-refractivity contribution in [1.29, 1.82) is 0 Å². The van der Waals surface area contributed by atoms with Gasteiger partial charge in [-0.25, -0.2) is 4.98 Å². The first kappa shape index (κ1) is 13.9. The lowest BCUT2D eigenvalue weighted by Crippen LogP contribution is -2.46. The van der Waals surface area contributed by atoms with Gasteiger partial charge < -0.3 is 9.80 Å². The molecule has 0 unspecified atom stereocenters. The normalized spacial score (nSPS) is 15.3. The fourth-order valence-electron chi connectivity index (χ4n) is 2.84. The van der Waals surface area contributed by atoms with Crippen molar-refractivity contribution >= 4 is 11.5 Å². The van der Waals surface area contributed by atoms with Crippen LogP contribution in [0.25, 0.3) is 0 Å². The quantitative estimate of drug-likeness (QED) is 0.860. The average molecular weight is 281 g/mol. The summed E-state index contributed by atoms with van der Waals surface area (Å²) in [7, 11) is 0. The number of benzene rings is 1. The third-order valence-corrected chi connectivity index (χ3v) is 4.19. The molecule has 0 saturated carbocycles. The van der Waals surface area contributed by atoms with Crippen molar-refractivity contribution in [3.63, 3.8) is 0 Å². The number of aryl methyl sites for hydroxylation is 2. The van der Waals surface area contributed by atoms with Crippen LogP contribution in [-0.4, -0.2) is 31.2 Å². The summed E-state index contributed by atoms with van der Waals surface area (Å²) < 4.78 is 0. The largest absolute Gasteiger partial charge is 0.368 e. The highest BCUT2D eigenvalue weighted by atomic mass is 15.3. The van der Waals surface area contributed by atoms with E-state index in [1.807, 2.05) is 0 Å². The Morgan fingerprint density at radius 3 is 2.19 bits per heavy atom. The lowest BCUT2D eigenvalue weighted by Gasteiger charge is -2.36. The molecule has 110 valence electrons. The zero-order chi connectivity index (χ0) is 14.7. The molecule has 3 heteroatoms. The first-order valence-corrected chi connectivity index (χ1v) is 7.79. The summed E-state index contributed by atoms with van der Waals surface area (Å²) >= 11 is 0. The molecule has 1 aliphatic rings. The van der Waals surface area contributed by atoms with E-state index in [-0.39, 0.29) is 0 Å². The van der Waals surface area contributed by atoms with Crippen LogP contribution < -0.4 is 9.80 Å². The van der Waals surface area contributed by atoms with Gasteiger partial charge in [0.25, 0.3) is 0 Å². The van der Waals surface area contributed by atoms with Gasteiger partial charge in [-0.2, -0.15) is 0 Å². The van der Waals surface area contributed by atoms with Crippen molar-refractivity contribution in [2.75, 3.05) is 36.0 Å². The summed E-state index contributed by atoms with van der Waals surface area (Å²) in [6, 6.07) is 15.2. The van der Waals surface area contributed by atoms with E-state index in [1.54, 1.807) is 0 Å². The summed E-state index contributed by atoms with van der Waals surface area (Å²) in [6.45, 7) is 8.43. The van der Waals surface area contributed by atoms with Crippen molar-refractivity contribution < 1.29 is 0 Å². The summed E-state index contributed by atoms with van der Waals surface area (Å²) in [5, 5.41) is 0. The van der Waals surface area contributed by atoms with Crippen molar-refractivity contribution in [2.45, 2.75) is 20.3 Å². The molecule has 0 N–H and O–H groups in total. The molecule has 1 fully saturated rings. The molecular formula is C18H23N3. The number of hydrogen-bond donors (Lipinski definition) is 0. The number of piperazine rings is 1. The lowest BCUT2D eigenvalue weighted by atomic mass is 10.1. The predicted molar refractivity (Wildman–Crippen MR) is 89.2 cm³/mol. The molecule has 1 aromatic heterocycles. The lowest BCUT2D eigenvalue weighted by molar-refractivity contribution is 0.647. The number of pyridine rings is 1. The molecule has 0 atom stereocenters. The molecule has 3 nitrogen and oxygen atoms in total. The maximum Gasteiger partial charge on any atom is 0.128 e. The van der Waals surface area contributed by atoms with E-state index in [2.05, 4.69) is 71.1 Å². The van der Waals surface area contributed by atoms with Crippen LogP contribution in [0, 0.1) is 6.92 Å². The van der Waals surface area contributed by atoms with Gasteiger partial charge in [0.15, 0.2) is 0 Å². The van der Waals surface area contributed by atoms with E-state index in [9.17, 15) is 0 Å². The maximum absolute atomic E-state index is 4.62. The van der Waals surface area contributed by atoms with Crippen molar-refractivity contribution in [2.24, 2.45) is 0 Å². The van der Waals surface area contributed by atoms with Gasteiger partial charge in [-0.1, -0.05) is 25.1 Å². The minimum atomic E-state index is 1.03. The Morgan fingerprint density at radius 1 is 0.905 bits per heavy atom. The van der Waals surface area contributed by atoms with Crippen molar-refractivity contribution in [1.82, 2.24) is 4.98 Å². The second kappa shape index (κ2) is 6.17. The van der Waals surface area contributed by atoms with Gasteiger partial charge in [-0.05, 0) is 43.2 Å². The number of rotatable bonds is 3. The minimum Gasteiger partial charge on any atom is -0.368 e. The molecule has 0 radical (unpaired) electrons. The summed E-state index contributed by atoms with van der Waals surface area (Å²) in [4.78, 5) is 9.47. The Bertz CT molecular complexity index is 584. The van der Waals surface area contributed by atoms with E-state index in [0.717, 1.165) is 44.1 Å². The molecule has 1 saturated heterocycles. The molecule has 21 heavy (non-hydrogen) atoms. The van der Waals surface area contributed by atoms with Crippen LogP contribution in [-0.2, 0) is 6.42 Å². The van der Waals surface area contributed by atoms with Crippen LogP contribution in [0.2, 0.25) is 0 Å². The van der Waals surface area contributed by atoms with Crippen LogP contribution in [0.1, 0.15) is 18.2 Å². The van der Waals surface area contributed by atoms with Crippen molar-refractivity contribution in [3.8, 4) is 0 Å². The van der Waals surface area contributed by atoms with Gasteiger partial charge in [-0.3, -0.25) is 0 Å². The zero-order valence-corrected chi connectivity index (χ0v) is 12.9. The summed E-state index contributed by atoms with van der Waals surface area (Å²) in [5.41, 5.74) is 3.83. The summed E-state index contributed by atoms with van der Waals surface area (Å²) in [6.07, 6.45) is 1.10. The number of aromatic nitrogens is 1. The van der Waals surface area contributed by atoms with E-state index in [4.69, 9.17) is 0 Å². The monoisotopic (exact) mass is 281 g/mol. The first-order chi connectivity index (χ1) is 10.3. The highest BCUT2D eigenvalue weighted by Crippen LogP contribution is 2.20. The van der Waals surface area contributed by atoms with Gasteiger partial charge in [-0.15, -0.1) is 0 Å². The predicted octanol–water partition coefficient (Wildman–Crippen LogP) is 3.28. The van der Waals surface area contributed by atoms with Crippen LogP contribution in [0.4, 0.5) is 11.5 Å². The minimum absolute atomic E-state index is 1.03. The SMILES string of the molecule is CCc1ccc(N2CCN(c3cccc(C)n3)CC2)cc1. The Hall–Kier alpha value is -2.03. The summed E-state index contributed by atoms with van der Waals surface area (Å²) in [5.74, 6) is 1.11. The molecule has 0 amide bonds. The second-order valence-electron chi connectivity index (χ2n) is 5.63. The molecule has 0 bridgehead atoms. The third-order valence-electron chi connectivity index (χ3n) is 4.19. The second-order valence-corrected chi connectivity index (χ2v) is 5.63. The zero-order valence-electron chi connectivity index (χ0n) is 12.9. The Balaban J connectivity index is 1.64. The van der Waals surface area contributed by atoms with E-state index < -0.39 is 0 Å². The smallest absolute Gasteiger partial charge is 0.128 e. The van der Waals surface area contributed by atoms with Crippen LogP contribution in [0.15, 0.2) is 42.5 Å². The fourth-order valence-corrected chi connectivity index (χ4v) is 2.84. The maximum atomic E-state index is 4.62. The van der Waals surface area contributed by atoms with Crippen LogP contribution >= 0.6 is 0 Å². The number of hydrogen-bond acceptors (Lipinski definition) is 3. The van der Waals surface area contributed by atoms with Gasteiger partial charge >= 0.3 is 0 Å². The topological polar surface area (TPSA) is 19.4 Å². The molecule has 2 aromatic rings. The molecule has 0 spiro atoms. The molecular weight excluding hydrogens is 258 g/mol. The molecule has 1 aliphatic heterocycles. The number of nitrogens with zero attached hydrogens (tertiary/aromatic N) is 3.